The van der Waals surface area contributed by atoms with Crippen LogP contribution in [-0.4, -0.2) is 108 Å². The number of nitrogens with zero attached hydrogens (tertiary/aromatic N) is 22. The number of aryl methyl sites for hydroxylation is 7. The number of rotatable bonds is 20. The molecule has 0 atom stereocenters. The van der Waals surface area contributed by atoms with Gasteiger partial charge in [0.05, 0.1) is 124 Å². The Morgan fingerprint density at radius 3 is 1.59 bits per heavy atom. The average Bonchev–Trinajstić information content (AvgIpc) is 1.59. The summed E-state index contributed by atoms with van der Waals surface area (Å²) in [5, 5.41) is 53.7. The van der Waals surface area contributed by atoms with Crippen molar-refractivity contribution in [2.24, 2.45) is 86.4 Å². The molecule has 3 N–H and O–H groups in total. The van der Waals surface area contributed by atoms with Crippen molar-refractivity contribution in [1.29, 1.82) is 0 Å². The number of aromatic nitrogens is 7. The van der Waals surface area contributed by atoms with E-state index in [1.807, 2.05) is 334 Å². The number of pyridine rings is 1. The Kier molecular flexibility index (Phi) is 41.1. The van der Waals surface area contributed by atoms with E-state index in [4.69, 9.17) is 10.5 Å². The Hall–Kier alpha value is -13.3. The van der Waals surface area contributed by atoms with Crippen LogP contribution in [0.3, 0.4) is 0 Å². The van der Waals surface area contributed by atoms with Crippen LogP contribution < -0.4 is 121 Å². The van der Waals surface area contributed by atoms with Crippen LogP contribution in [0.1, 0.15) is 36.2 Å². The van der Waals surface area contributed by atoms with E-state index in [1.54, 1.807) is 41.9 Å². The zero-order valence-corrected chi connectivity index (χ0v) is 82.4. The van der Waals surface area contributed by atoms with Gasteiger partial charge in [0.25, 0.3) is 5.56 Å². The number of halogens is 5. The molecule has 0 unspecified atom stereocenters. The van der Waals surface area contributed by atoms with Crippen molar-refractivity contribution in [1.82, 2.24) is 18.8 Å². The van der Waals surface area contributed by atoms with Crippen molar-refractivity contribution in [3.63, 3.8) is 0 Å². The number of hydrazone groups is 2. The summed E-state index contributed by atoms with van der Waals surface area (Å²) in [5.41, 5.74) is 25.0. The molecule has 15 aromatic rings. The molecule has 0 radical (unpaired) electrons. The summed E-state index contributed by atoms with van der Waals surface area (Å²) < 4.78 is 20.6. The molecule has 0 spiro atoms. The summed E-state index contributed by atoms with van der Waals surface area (Å²) in [4.78, 5) is 16.8. The van der Waals surface area contributed by atoms with E-state index in [0.29, 0.717) is 15.9 Å². The molecule has 5 aromatic heterocycles. The highest BCUT2D eigenvalue weighted by molar-refractivity contribution is 7.21. The normalized spacial score (nSPS) is 11.7. The maximum Gasteiger partial charge on any atom is 0.421 e. The van der Waals surface area contributed by atoms with Crippen LogP contribution in [0, 0.1) is 13.8 Å². The third-order valence-corrected chi connectivity index (χ3v) is 22.4. The number of anilines is 6. The number of nitrogens with two attached hydrogens (primary N) is 1. The van der Waals surface area contributed by atoms with Crippen molar-refractivity contribution in [3.05, 3.63) is 336 Å². The van der Waals surface area contributed by atoms with E-state index in [-0.39, 0.29) is 73.0 Å². The Labute approximate surface area is 806 Å². The van der Waals surface area contributed by atoms with Crippen molar-refractivity contribution in [3.8, 4) is 11.4 Å². The molecule has 0 saturated carbocycles. The summed E-state index contributed by atoms with van der Waals surface area (Å²) >= 11 is 3.16. The molecule has 682 valence electrons. The van der Waals surface area contributed by atoms with E-state index >= 15 is 0 Å². The number of methoxy groups -OCH3 is 1. The highest BCUT2D eigenvalue weighted by Crippen LogP contribution is 2.39. The standard InChI is InChI=1S/C20H24N3.C19H21N5O.C17H19N4OS.C17H17N4S.C14H16N3.C11H13N5.5ClH/c1-15-10-12-16(13-11-15)23(5)21-14-19-20(2,3)17-8-6-7-9-18(17)22(19)4;1-14-18(19(25)23(22-14)16-10-6-5-7-11-16)21-20-15-9-8-12-17(13-15)24(2,3)4;1-20(2)13-7-5-12(6-8-13)18-19-17-21(3)15-10-9-14(22-4)11-16(15)23-17;1-20-12-13-22-17(20)19-18-14-8-10-16(11-9-14)21(2)15-6-4-3-5-7-15;1-16-10-8-13(9-11-16)12-15-17(2)14-6-4-3-5-7-14;1-15-7-8-16(2)11(15)14-13-10-5-3-9(12)4-6-10;;;;;/h6-14H,1-5H3;5-13H,1-4H3;5-11H,1-4H3;3-13H,1-2H3;3-12H,1-2H3;3-8,12H,1-2H3;5*1H/q+1;;3*+1;;;;;;/p-3. The molecular weight excluding hydrogens is 1790 g/mol. The molecular formula is C98H112Cl5N24O2S2+. The second-order valence-electron chi connectivity index (χ2n) is 31.3. The topological polar surface area (TPSA) is 233 Å². The minimum Gasteiger partial charge on any atom is -1.00 e. The zero-order chi connectivity index (χ0) is 90.0. The number of thiazole rings is 2. The lowest BCUT2D eigenvalue weighted by atomic mass is 9.82. The Bertz CT molecular complexity index is 6360. The smallest absolute Gasteiger partial charge is 0.421 e. The fourth-order valence-corrected chi connectivity index (χ4v) is 14.5. The van der Waals surface area contributed by atoms with Crippen LogP contribution in [0.15, 0.2) is 359 Å². The lowest BCUT2D eigenvalue weighted by Crippen LogP contribution is -3.00. The molecule has 0 amide bonds. The van der Waals surface area contributed by atoms with Crippen molar-refractivity contribution < 1.29 is 89.6 Å². The predicted molar refractivity (Wildman–Crippen MR) is 516 cm³/mol. The van der Waals surface area contributed by atoms with Crippen molar-refractivity contribution in [2.45, 2.75) is 33.1 Å². The highest BCUT2D eigenvalue weighted by atomic mass is 35.5. The van der Waals surface area contributed by atoms with Gasteiger partial charge >= 0.3 is 16.2 Å². The van der Waals surface area contributed by atoms with Gasteiger partial charge in [-0.1, -0.05) is 102 Å². The number of para-hydroxylation sites is 4. The SMILES string of the molecule is CN(/N=C\c1cc[n+](C)cc1)c1ccccc1.CN(c1ccccc1)c1ccc(N=Nc2scc[n+]2C)cc1.COc1ccc2c(c1)sc(N=Nc1ccc(N(C)C)cc1)[n+]2C.Cc1[nH]n(-c2ccccc2)c(=O)c1N=Nc1cccc([N+](C)(C)C)c1.Cc1ccc(N(C)/N=C/C2=[N+](C)c3ccccc3C2(C)C)cc1.Cn1cc[n+](C)c1N=Nc1ccc(N)cc1.[Cl-].[Cl-].[Cl-].[Cl-].[Cl-]. The molecule has 0 fully saturated rings. The van der Waals surface area contributed by atoms with Crippen LogP contribution in [0.2, 0.25) is 0 Å². The van der Waals surface area contributed by atoms with Gasteiger partial charge in [-0.2, -0.15) is 19.9 Å². The fraction of sp³-hybridized carbons (Fsp3) is 0.204. The van der Waals surface area contributed by atoms with Crippen LogP contribution in [0.25, 0.3) is 15.9 Å². The predicted octanol–water partition coefficient (Wildman–Crippen LogP) is 6.03. The van der Waals surface area contributed by atoms with Crippen LogP contribution in [0.5, 0.6) is 5.75 Å². The summed E-state index contributed by atoms with van der Waals surface area (Å²) in [6.45, 7) is 8.42. The van der Waals surface area contributed by atoms with Gasteiger partial charge < -0.3 is 82.3 Å². The summed E-state index contributed by atoms with van der Waals surface area (Å²) in [7, 11) is 29.9. The molecule has 1 aliphatic rings. The van der Waals surface area contributed by atoms with Crippen LogP contribution in [-0.2, 0) is 40.7 Å². The summed E-state index contributed by atoms with van der Waals surface area (Å²) in [6.07, 6.45) is 13.7. The minimum absolute atomic E-state index is 0. The summed E-state index contributed by atoms with van der Waals surface area (Å²) in [6, 6.07) is 87.9. The molecule has 26 nitrogen and oxygen atoms in total. The number of H-pyrrole nitrogens is 1. The number of azo groups is 4. The van der Waals surface area contributed by atoms with Gasteiger partial charge in [0.1, 0.15) is 60.5 Å². The van der Waals surface area contributed by atoms with Gasteiger partial charge in [-0.15, -0.1) is 5.11 Å². The minimum atomic E-state index is -0.213. The van der Waals surface area contributed by atoms with Crippen LogP contribution in [0.4, 0.5) is 90.1 Å². The first-order valence-electron chi connectivity index (χ1n) is 40.7. The quantitative estimate of drug-likeness (QED) is 0.0230. The van der Waals surface area contributed by atoms with Gasteiger partial charge in [-0.25, -0.2) is 27.5 Å². The lowest BCUT2D eigenvalue weighted by molar-refractivity contribution is -0.671. The van der Waals surface area contributed by atoms with Gasteiger partial charge in [-0.3, -0.25) is 24.4 Å². The maximum absolute atomic E-state index is 12.6. The van der Waals surface area contributed by atoms with Crippen molar-refractivity contribution in [2.75, 3.05) is 96.1 Å². The zero-order valence-electron chi connectivity index (χ0n) is 77.0. The number of fused-ring (bicyclic) bond motifs is 2. The molecule has 0 bridgehead atoms. The van der Waals surface area contributed by atoms with E-state index in [2.05, 4.69) is 199 Å². The first-order valence-corrected chi connectivity index (χ1v) is 42.4. The largest absolute Gasteiger partial charge is 1.00 e. The van der Waals surface area contributed by atoms with Gasteiger partial charge in [0, 0.05) is 110 Å². The summed E-state index contributed by atoms with van der Waals surface area (Å²) in [5.74, 6) is 1.64. The van der Waals surface area contributed by atoms with Gasteiger partial charge in [0.2, 0.25) is 11.4 Å². The number of ether oxygens (including phenoxy) is 1. The van der Waals surface area contributed by atoms with Gasteiger partial charge in [-0.05, 0) is 206 Å². The second kappa shape index (κ2) is 50.6. The Morgan fingerprint density at radius 1 is 0.511 bits per heavy atom. The second-order valence-corrected chi connectivity index (χ2v) is 33.2. The van der Waals surface area contributed by atoms with Crippen LogP contribution >= 0.6 is 22.7 Å². The number of nitrogens with one attached hydrogen (secondary N) is 1. The molecule has 6 heterocycles. The monoisotopic (exact) mass is 1900 g/mol. The number of aromatic amines is 1. The maximum atomic E-state index is 12.6. The molecule has 0 saturated heterocycles. The number of nitrogen functional groups attached to an aromatic ring is 1. The van der Waals surface area contributed by atoms with E-state index in [0.717, 1.165) is 106 Å². The Balaban J connectivity index is 0.000000242. The molecule has 0 aliphatic carbocycles. The first kappa shape index (κ1) is 106. The van der Waals surface area contributed by atoms with Gasteiger partial charge in [0.15, 0.2) is 18.1 Å². The molecule has 33 heteroatoms. The molecule has 131 heavy (non-hydrogen) atoms. The van der Waals surface area contributed by atoms with E-state index < -0.39 is 0 Å². The third kappa shape index (κ3) is 29.6. The lowest BCUT2D eigenvalue weighted by Gasteiger charge is -2.23. The third-order valence-electron chi connectivity index (χ3n) is 20.5. The highest BCUT2D eigenvalue weighted by Gasteiger charge is 2.43. The van der Waals surface area contributed by atoms with Crippen molar-refractivity contribution >= 4 is 141 Å². The number of quaternary nitrogens is 1. The Morgan fingerprint density at radius 2 is 1.03 bits per heavy atom. The fourth-order valence-electron chi connectivity index (χ4n) is 12.8. The molecule has 1 aliphatic heterocycles. The average molecular weight is 1900 g/mol. The van der Waals surface area contributed by atoms with E-state index in [1.165, 1.54) is 27.2 Å². The number of imidazole rings is 1. The van der Waals surface area contributed by atoms with E-state index in [9.17, 15) is 4.79 Å². The number of hydrogen-bond donors (Lipinski definition) is 2. The number of hydrogen-bond acceptors (Lipinski definition) is 19. The molecule has 16 rings (SSSR count). The number of benzene rings is 10. The molecule has 10 aromatic carbocycles. The first-order chi connectivity index (χ1) is 60.5.